The van der Waals surface area contributed by atoms with Crippen LogP contribution in [0.3, 0.4) is 0 Å². The highest BCUT2D eigenvalue weighted by Gasteiger charge is 2.19. The van der Waals surface area contributed by atoms with Gasteiger partial charge in [-0.3, -0.25) is 19.3 Å². The van der Waals surface area contributed by atoms with Crippen LogP contribution in [0.15, 0.2) is 39.3 Å². The molecule has 168 valence electrons. The molecule has 0 aliphatic rings. The smallest absolute Gasteiger partial charge is 0.325 e. The summed E-state index contributed by atoms with van der Waals surface area (Å²) in [5, 5.41) is 9.57. The quantitative estimate of drug-likeness (QED) is 0.386. The Bertz CT molecular complexity index is 1340. The van der Waals surface area contributed by atoms with Crippen molar-refractivity contribution in [1.82, 2.24) is 38.9 Å². The first kappa shape index (κ1) is 22.0. The van der Waals surface area contributed by atoms with Crippen LogP contribution in [0.4, 0.5) is 0 Å². The highest BCUT2D eigenvalue weighted by atomic mass is 32.2. The molecule has 4 aromatic rings. The van der Waals surface area contributed by atoms with Gasteiger partial charge in [0.15, 0.2) is 22.1 Å². The Kier molecular flexibility index (Phi) is 6.54. The molecule has 0 saturated heterocycles. The van der Waals surface area contributed by atoms with Crippen LogP contribution in [0.25, 0.3) is 22.6 Å². The molecule has 0 bridgehead atoms. The van der Waals surface area contributed by atoms with Gasteiger partial charge in [-0.15, -0.1) is 10.2 Å². The molecule has 0 aliphatic carbocycles. The fourth-order valence-electron chi connectivity index (χ4n) is 3.61. The summed E-state index contributed by atoms with van der Waals surface area (Å²) in [6.45, 7) is 5.47. The number of aromatic nitrogens is 8. The zero-order valence-corrected chi connectivity index (χ0v) is 19.2. The fourth-order valence-corrected chi connectivity index (χ4v) is 4.56. The number of thioether (sulfide) groups is 1. The van der Waals surface area contributed by atoms with E-state index in [1.54, 1.807) is 28.6 Å². The zero-order valence-electron chi connectivity index (χ0n) is 18.4. The van der Waals surface area contributed by atoms with Crippen molar-refractivity contribution in [3.8, 4) is 11.4 Å². The summed E-state index contributed by atoms with van der Waals surface area (Å²) in [5.74, 6) is 1.99. The van der Waals surface area contributed by atoms with E-state index in [-0.39, 0.29) is 0 Å². The van der Waals surface area contributed by atoms with Crippen molar-refractivity contribution in [2.24, 2.45) is 7.05 Å². The van der Waals surface area contributed by atoms with Gasteiger partial charge in [-0.2, -0.15) is 0 Å². The SMILES string of the molecule is CCCCn1c(=O)[nH]c(=O)c2c1nc(CSc1nnc(-c3ccncc3)n1CCC)n2C. The van der Waals surface area contributed by atoms with Crippen molar-refractivity contribution in [3.05, 3.63) is 51.2 Å². The number of aryl methyl sites for hydroxylation is 2. The molecule has 11 heteroatoms. The number of nitrogens with one attached hydrogen (secondary N) is 1. The summed E-state index contributed by atoms with van der Waals surface area (Å²) in [7, 11) is 1.80. The number of pyridine rings is 1. The van der Waals surface area contributed by atoms with Crippen molar-refractivity contribution < 1.29 is 0 Å². The molecule has 0 radical (unpaired) electrons. The third-order valence-corrected chi connectivity index (χ3v) is 6.24. The minimum Gasteiger partial charge on any atom is -0.325 e. The Morgan fingerprint density at radius 3 is 2.53 bits per heavy atom. The summed E-state index contributed by atoms with van der Waals surface area (Å²) >= 11 is 1.51. The molecule has 0 amide bonds. The van der Waals surface area contributed by atoms with Gasteiger partial charge in [-0.25, -0.2) is 9.78 Å². The summed E-state index contributed by atoms with van der Waals surface area (Å²) in [4.78, 5) is 36.0. The lowest BCUT2D eigenvalue weighted by atomic mass is 10.2. The predicted molar refractivity (Wildman–Crippen MR) is 124 cm³/mol. The van der Waals surface area contributed by atoms with E-state index in [2.05, 4.69) is 43.6 Å². The van der Waals surface area contributed by atoms with Crippen LogP contribution in [-0.2, 0) is 25.9 Å². The van der Waals surface area contributed by atoms with Crippen molar-refractivity contribution >= 4 is 22.9 Å². The number of hydrogen-bond donors (Lipinski definition) is 1. The number of imidazole rings is 1. The summed E-state index contributed by atoms with van der Waals surface area (Å²) in [5.41, 5.74) is 0.958. The second-order valence-corrected chi connectivity index (χ2v) is 8.45. The minimum absolute atomic E-state index is 0.406. The minimum atomic E-state index is -0.419. The normalized spacial score (nSPS) is 11.5. The van der Waals surface area contributed by atoms with Crippen LogP contribution in [0.1, 0.15) is 38.9 Å². The molecule has 32 heavy (non-hydrogen) atoms. The zero-order chi connectivity index (χ0) is 22.7. The van der Waals surface area contributed by atoms with Gasteiger partial charge in [0.1, 0.15) is 5.82 Å². The Balaban J connectivity index is 1.67. The first-order chi connectivity index (χ1) is 15.5. The monoisotopic (exact) mass is 454 g/mol. The molecule has 0 spiro atoms. The third kappa shape index (κ3) is 4.12. The van der Waals surface area contributed by atoms with Crippen molar-refractivity contribution in [2.45, 2.75) is 57.1 Å². The lowest BCUT2D eigenvalue weighted by Gasteiger charge is -2.08. The molecular formula is C21H26N8O2S. The van der Waals surface area contributed by atoms with Gasteiger partial charge in [0, 0.05) is 38.1 Å². The maximum atomic E-state index is 12.5. The number of aromatic amines is 1. The van der Waals surface area contributed by atoms with Gasteiger partial charge >= 0.3 is 5.69 Å². The summed E-state index contributed by atoms with van der Waals surface area (Å²) in [6.07, 6.45) is 6.19. The highest BCUT2D eigenvalue weighted by Crippen LogP contribution is 2.27. The second kappa shape index (κ2) is 9.51. The number of unbranched alkanes of at least 4 members (excludes halogenated alkanes) is 1. The van der Waals surface area contributed by atoms with Gasteiger partial charge in [-0.05, 0) is 25.0 Å². The van der Waals surface area contributed by atoms with E-state index in [9.17, 15) is 9.59 Å². The maximum Gasteiger partial charge on any atom is 0.330 e. The van der Waals surface area contributed by atoms with Crippen LogP contribution in [0.5, 0.6) is 0 Å². The molecule has 1 N–H and O–H groups in total. The number of rotatable bonds is 9. The van der Waals surface area contributed by atoms with Gasteiger partial charge < -0.3 is 9.13 Å². The average molecular weight is 455 g/mol. The molecule has 10 nitrogen and oxygen atoms in total. The Hall–Kier alpha value is -3.21. The summed E-state index contributed by atoms with van der Waals surface area (Å²) in [6, 6.07) is 3.83. The van der Waals surface area contributed by atoms with Crippen molar-refractivity contribution in [2.75, 3.05) is 0 Å². The fraction of sp³-hybridized carbons (Fsp3) is 0.429. The van der Waals surface area contributed by atoms with Gasteiger partial charge in [0.25, 0.3) is 5.56 Å². The van der Waals surface area contributed by atoms with Gasteiger partial charge in [-0.1, -0.05) is 32.0 Å². The van der Waals surface area contributed by atoms with Crippen LogP contribution in [0, 0.1) is 0 Å². The number of nitrogens with zero attached hydrogens (tertiary/aromatic N) is 7. The van der Waals surface area contributed by atoms with E-state index in [1.165, 1.54) is 11.8 Å². The van der Waals surface area contributed by atoms with E-state index in [0.717, 1.165) is 42.4 Å². The van der Waals surface area contributed by atoms with Gasteiger partial charge in [0.2, 0.25) is 0 Å². The topological polar surface area (TPSA) is 116 Å². The molecule has 0 fully saturated rings. The van der Waals surface area contributed by atoms with E-state index < -0.39 is 11.2 Å². The molecule has 0 aromatic carbocycles. The molecule has 4 aromatic heterocycles. The van der Waals surface area contributed by atoms with Gasteiger partial charge in [0.05, 0.1) is 5.75 Å². The van der Waals surface area contributed by atoms with Crippen LogP contribution in [-0.4, -0.2) is 38.9 Å². The van der Waals surface area contributed by atoms with E-state index in [1.807, 2.05) is 12.1 Å². The first-order valence-corrected chi connectivity index (χ1v) is 11.7. The lowest BCUT2D eigenvalue weighted by molar-refractivity contribution is 0.613. The predicted octanol–water partition coefficient (Wildman–Crippen LogP) is 2.58. The highest BCUT2D eigenvalue weighted by molar-refractivity contribution is 7.98. The number of H-pyrrole nitrogens is 1. The molecule has 0 aliphatic heterocycles. The van der Waals surface area contributed by atoms with Crippen molar-refractivity contribution in [3.63, 3.8) is 0 Å². The average Bonchev–Trinajstić information content (AvgIpc) is 3.34. The summed E-state index contributed by atoms with van der Waals surface area (Å²) < 4.78 is 5.40. The Morgan fingerprint density at radius 1 is 1.03 bits per heavy atom. The van der Waals surface area contributed by atoms with Crippen LogP contribution >= 0.6 is 11.8 Å². The molecule has 4 heterocycles. The molecule has 4 rings (SSSR count). The Labute approximate surface area is 188 Å². The van der Waals surface area contributed by atoms with E-state index >= 15 is 0 Å². The van der Waals surface area contributed by atoms with E-state index in [0.29, 0.717) is 29.3 Å². The maximum absolute atomic E-state index is 12.5. The standard InChI is InChI=1S/C21H26N8O2S/c1-4-6-12-28-18-16(19(30)24-20(28)31)27(3)15(23-18)13-32-21-26-25-17(29(21)11-5-2)14-7-9-22-10-8-14/h7-10H,4-6,11-13H2,1-3H3,(H,24,30,31). The van der Waals surface area contributed by atoms with E-state index in [4.69, 9.17) is 0 Å². The number of hydrogen-bond acceptors (Lipinski definition) is 7. The number of fused-ring (bicyclic) bond motifs is 1. The Morgan fingerprint density at radius 2 is 1.81 bits per heavy atom. The largest absolute Gasteiger partial charge is 0.330 e. The molecule has 0 unspecified atom stereocenters. The van der Waals surface area contributed by atoms with Crippen molar-refractivity contribution in [1.29, 1.82) is 0 Å². The second-order valence-electron chi connectivity index (χ2n) is 7.51. The molecular weight excluding hydrogens is 428 g/mol. The third-order valence-electron chi connectivity index (χ3n) is 5.27. The first-order valence-electron chi connectivity index (χ1n) is 10.7. The van der Waals surface area contributed by atoms with Crippen LogP contribution in [0.2, 0.25) is 0 Å². The molecule has 0 saturated carbocycles. The van der Waals surface area contributed by atoms with Crippen LogP contribution < -0.4 is 11.2 Å². The molecule has 0 atom stereocenters. The lowest BCUT2D eigenvalue weighted by Crippen LogP contribution is -2.31.